The number of amides is 3. The van der Waals surface area contributed by atoms with Gasteiger partial charge < -0.3 is 20.5 Å². The molecule has 1 fully saturated rings. The Kier molecular flexibility index (Phi) is 7.71. The molecule has 12 heteroatoms. The van der Waals surface area contributed by atoms with E-state index in [4.69, 9.17) is 16.4 Å². The summed E-state index contributed by atoms with van der Waals surface area (Å²) < 4.78 is 0. The molecular formula is C26H31ClN6O4S. The molecule has 1 saturated carbocycles. The largest absolute Gasteiger partial charge is 0.351 e. The van der Waals surface area contributed by atoms with E-state index in [0.29, 0.717) is 35.0 Å². The molecule has 38 heavy (non-hydrogen) atoms. The van der Waals surface area contributed by atoms with E-state index in [1.807, 2.05) is 13.1 Å². The molecule has 3 unspecified atom stereocenters. The summed E-state index contributed by atoms with van der Waals surface area (Å²) in [6.45, 7) is 1.68. The first-order valence-electron chi connectivity index (χ1n) is 12.6. The lowest BCUT2D eigenvalue weighted by atomic mass is 9.81. The number of nitrogens with zero attached hydrogens (tertiary/aromatic N) is 3. The van der Waals surface area contributed by atoms with E-state index in [9.17, 15) is 14.4 Å². The van der Waals surface area contributed by atoms with E-state index >= 15 is 0 Å². The molecule has 3 heterocycles. The van der Waals surface area contributed by atoms with Gasteiger partial charge in [-0.2, -0.15) is 0 Å². The van der Waals surface area contributed by atoms with Crippen molar-refractivity contribution in [1.82, 2.24) is 30.6 Å². The second-order valence-corrected chi connectivity index (χ2v) is 11.5. The Labute approximate surface area is 229 Å². The number of carbonyl (C=O) groups excluding carboxylic acids is 3. The van der Waals surface area contributed by atoms with Gasteiger partial charge in [-0.1, -0.05) is 11.6 Å². The number of carbonyl (C=O) groups is 3. The molecule has 1 aliphatic carbocycles. The van der Waals surface area contributed by atoms with Gasteiger partial charge in [0.15, 0.2) is 5.01 Å². The normalized spacial score (nSPS) is 21.6. The summed E-state index contributed by atoms with van der Waals surface area (Å²) in [5.41, 5.74) is 2.18. The van der Waals surface area contributed by atoms with Crippen LogP contribution in [-0.4, -0.2) is 77.5 Å². The number of likely N-dealkylation sites (N-methyl/N-ethyl adjacent to an activating group) is 1. The summed E-state index contributed by atoms with van der Waals surface area (Å²) in [5.74, 6) is -1.07. The number of benzene rings is 1. The summed E-state index contributed by atoms with van der Waals surface area (Å²) in [5, 5.41) is 9.20. The van der Waals surface area contributed by atoms with Crippen LogP contribution in [0.1, 0.15) is 50.1 Å². The first-order chi connectivity index (χ1) is 18.2. The van der Waals surface area contributed by atoms with Crippen LogP contribution in [0.4, 0.5) is 0 Å². The number of hydrogen-bond donors (Lipinski definition) is 3. The monoisotopic (exact) mass is 558 g/mol. The van der Waals surface area contributed by atoms with Crippen LogP contribution in [0.5, 0.6) is 0 Å². The number of halogens is 1. The van der Waals surface area contributed by atoms with Crippen molar-refractivity contribution < 1.29 is 19.2 Å². The number of thiazole rings is 1. The first-order valence-corrected chi connectivity index (χ1v) is 13.8. The number of aromatic nitrogens is 2. The molecule has 3 amide bonds. The Morgan fingerprint density at radius 1 is 1.18 bits per heavy atom. The fourth-order valence-corrected chi connectivity index (χ4v) is 6.47. The van der Waals surface area contributed by atoms with Crippen LogP contribution < -0.4 is 10.6 Å². The molecule has 0 bridgehead atoms. The van der Waals surface area contributed by atoms with Gasteiger partial charge in [-0.25, -0.2) is 10.0 Å². The van der Waals surface area contributed by atoms with E-state index in [1.165, 1.54) is 23.5 Å². The highest BCUT2D eigenvalue weighted by Gasteiger charge is 2.37. The van der Waals surface area contributed by atoms with E-state index in [2.05, 4.69) is 25.5 Å². The number of fused-ring (bicyclic) bond motifs is 2. The predicted molar refractivity (Wildman–Crippen MR) is 145 cm³/mol. The summed E-state index contributed by atoms with van der Waals surface area (Å²) >= 11 is 7.50. The van der Waals surface area contributed by atoms with Crippen LogP contribution in [0.15, 0.2) is 24.3 Å². The third kappa shape index (κ3) is 5.56. The van der Waals surface area contributed by atoms with Gasteiger partial charge in [-0.05, 0) is 50.6 Å². The zero-order valence-corrected chi connectivity index (χ0v) is 23.1. The van der Waals surface area contributed by atoms with Crippen LogP contribution in [0.2, 0.25) is 5.02 Å². The Bertz CT molecular complexity index is 1370. The third-order valence-corrected chi connectivity index (χ3v) is 8.68. The van der Waals surface area contributed by atoms with E-state index in [-0.39, 0.29) is 29.7 Å². The van der Waals surface area contributed by atoms with Crippen LogP contribution >= 0.6 is 22.9 Å². The predicted octanol–water partition coefficient (Wildman–Crippen LogP) is 2.98. The Morgan fingerprint density at radius 3 is 2.76 bits per heavy atom. The molecule has 0 radical (unpaired) electrons. The average molecular weight is 559 g/mol. The molecule has 1 aromatic carbocycles. The highest BCUT2D eigenvalue weighted by molar-refractivity contribution is 7.13. The van der Waals surface area contributed by atoms with Gasteiger partial charge in [0.1, 0.15) is 5.69 Å². The summed E-state index contributed by atoms with van der Waals surface area (Å²) in [4.78, 5) is 55.5. The van der Waals surface area contributed by atoms with Crippen molar-refractivity contribution >= 4 is 51.6 Å². The fourth-order valence-electron chi connectivity index (χ4n) is 5.20. The number of nitrogens with one attached hydrogen (secondary N) is 3. The minimum absolute atomic E-state index is 0.156. The molecule has 3 N–H and O–H groups in total. The molecule has 3 atom stereocenters. The number of H-pyrrole nitrogens is 1. The van der Waals surface area contributed by atoms with Crippen molar-refractivity contribution in [1.29, 1.82) is 0 Å². The minimum atomic E-state index is -0.457. The van der Waals surface area contributed by atoms with Gasteiger partial charge in [-0.3, -0.25) is 19.2 Å². The van der Waals surface area contributed by atoms with Crippen molar-refractivity contribution in [2.75, 3.05) is 27.7 Å². The molecule has 0 spiro atoms. The van der Waals surface area contributed by atoms with Gasteiger partial charge in [-0.15, -0.1) is 11.3 Å². The Balaban J connectivity index is 1.34. The van der Waals surface area contributed by atoms with E-state index < -0.39 is 6.04 Å². The molecule has 0 saturated heterocycles. The SMILES string of the molecule is CON(C)C(=O)C1CCC(NC(=O)c2cc3cc(Cl)ccc3[nH]2)C(NC(=O)c2nc3c(s2)CN(C)CC3)C1. The quantitative estimate of drug-likeness (QED) is 0.400. The maximum atomic E-state index is 13.3. The van der Waals surface area contributed by atoms with Crippen LogP contribution in [0.3, 0.4) is 0 Å². The number of hydroxylamine groups is 2. The van der Waals surface area contributed by atoms with Gasteiger partial charge in [0.05, 0.1) is 18.8 Å². The van der Waals surface area contributed by atoms with Crippen molar-refractivity contribution in [3.8, 4) is 0 Å². The van der Waals surface area contributed by atoms with Crippen molar-refractivity contribution in [2.24, 2.45) is 5.92 Å². The summed E-state index contributed by atoms with van der Waals surface area (Å²) in [6, 6.07) is 6.32. The lowest BCUT2D eigenvalue weighted by Crippen LogP contribution is -2.56. The zero-order chi connectivity index (χ0) is 27.0. The van der Waals surface area contributed by atoms with Gasteiger partial charge >= 0.3 is 0 Å². The van der Waals surface area contributed by atoms with Gasteiger partial charge in [0.2, 0.25) is 5.91 Å². The highest BCUT2D eigenvalue weighted by atomic mass is 35.5. The number of hydrogen-bond acceptors (Lipinski definition) is 7. The van der Waals surface area contributed by atoms with Crippen LogP contribution in [0.25, 0.3) is 10.9 Å². The molecule has 10 nitrogen and oxygen atoms in total. The van der Waals surface area contributed by atoms with E-state index in [1.54, 1.807) is 25.2 Å². The molecule has 5 rings (SSSR count). The van der Waals surface area contributed by atoms with Crippen molar-refractivity contribution in [3.05, 3.63) is 50.6 Å². The van der Waals surface area contributed by atoms with E-state index in [0.717, 1.165) is 41.0 Å². The molecular weight excluding hydrogens is 528 g/mol. The highest BCUT2D eigenvalue weighted by Crippen LogP contribution is 2.29. The molecule has 2 aliphatic rings. The number of rotatable bonds is 6. The molecule has 2 aromatic heterocycles. The zero-order valence-electron chi connectivity index (χ0n) is 21.5. The summed E-state index contributed by atoms with van der Waals surface area (Å²) in [6.07, 6.45) is 2.27. The maximum Gasteiger partial charge on any atom is 0.280 e. The lowest BCUT2D eigenvalue weighted by molar-refractivity contribution is -0.174. The lowest BCUT2D eigenvalue weighted by Gasteiger charge is -2.37. The third-order valence-electron chi connectivity index (χ3n) is 7.36. The molecule has 202 valence electrons. The van der Waals surface area contributed by atoms with Gasteiger partial charge in [0.25, 0.3) is 11.8 Å². The average Bonchev–Trinajstić information content (AvgIpc) is 3.52. The second kappa shape index (κ2) is 11.0. The minimum Gasteiger partial charge on any atom is -0.351 e. The maximum absolute atomic E-state index is 13.3. The second-order valence-electron chi connectivity index (χ2n) is 9.98. The Morgan fingerprint density at radius 2 is 1.97 bits per heavy atom. The van der Waals surface area contributed by atoms with Crippen molar-refractivity contribution in [3.63, 3.8) is 0 Å². The fraction of sp³-hybridized carbons (Fsp3) is 0.462. The van der Waals surface area contributed by atoms with Gasteiger partial charge in [0, 0.05) is 59.3 Å². The van der Waals surface area contributed by atoms with Crippen LogP contribution in [0, 0.1) is 5.92 Å². The number of aromatic amines is 1. The summed E-state index contributed by atoms with van der Waals surface area (Å²) in [7, 11) is 5.06. The van der Waals surface area contributed by atoms with Crippen LogP contribution in [-0.2, 0) is 22.6 Å². The first kappa shape index (κ1) is 26.6. The van der Waals surface area contributed by atoms with Crippen molar-refractivity contribution in [2.45, 2.75) is 44.3 Å². The standard InChI is InChI=1S/C26H31ClN6O4S/c1-32-9-8-19-22(13-32)38-25(31-19)24(35)30-20-11-14(26(36)33(2)37-3)4-6-18(20)29-23(34)21-12-15-10-16(27)5-7-17(15)28-21/h5,7,10,12,14,18,20,28H,4,6,8-9,11,13H2,1-3H3,(H,29,34)(H,30,35). The molecule has 1 aliphatic heterocycles. The Hall–Kier alpha value is -2.99. The molecule has 3 aromatic rings. The topological polar surface area (TPSA) is 120 Å². The smallest absolute Gasteiger partial charge is 0.280 e.